The van der Waals surface area contributed by atoms with E-state index >= 15 is 0 Å². The number of hydroxylamine groups is 2. The molecule has 4 rings (SSSR count). The Balaban J connectivity index is 1.75. The number of carbonyl (C=O) groups is 2. The van der Waals surface area contributed by atoms with Crippen LogP contribution in [-0.4, -0.2) is 44.2 Å². The van der Waals surface area contributed by atoms with Crippen LogP contribution < -0.4 is 0 Å². The number of fused-ring (bicyclic) bond motifs is 1. The normalized spacial score (nSPS) is 26.3. The third-order valence-corrected chi connectivity index (χ3v) is 5.97. The molecule has 2 heterocycles. The van der Waals surface area contributed by atoms with Gasteiger partial charge in [-0.1, -0.05) is 66.7 Å². The molecule has 2 N–H and O–H groups in total. The molecular formula is C23H24N2O4. The summed E-state index contributed by atoms with van der Waals surface area (Å²) in [6, 6.07) is 18.0. The van der Waals surface area contributed by atoms with Crippen LogP contribution in [0.25, 0.3) is 0 Å². The van der Waals surface area contributed by atoms with Crippen molar-refractivity contribution in [2.75, 3.05) is 0 Å². The predicted molar refractivity (Wildman–Crippen MR) is 107 cm³/mol. The molecular weight excluding hydrogens is 368 g/mol. The van der Waals surface area contributed by atoms with Crippen molar-refractivity contribution >= 4 is 11.9 Å². The summed E-state index contributed by atoms with van der Waals surface area (Å²) in [4.78, 5) is 27.2. The van der Waals surface area contributed by atoms with Gasteiger partial charge in [0.2, 0.25) is 5.91 Å². The SMILES string of the molecule is CC1=C[C@@H]2C(=O)N(Cc3ccccc3)[C@@H](Cc3ccccc3)[C@@H]2[C@@H](C(=O)O)N1O. The standard InChI is InChI=1S/C23H24N2O4/c1-15-12-18-20(21(23(27)28)25(15)29)19(13-16-8-4-2-5-9-16)24(22(18)26)14-17-10-6-3-7-11-17/h2-12,18-21,29H,13-14H2,1H3,(H,27,28)/t18-,19-,20+,21-/m0/s1. The van der Waals surface area contributed by atoms with E-state index in [0.717, 1.165) is 16.2 Å². The summed E-state index contributed by atoms with van der Waals surface area (Å²) in [7, 11) is 0. The van der Waals surface area contributed by atoms with Crippen LogP contribution in [0.3, 0.4) is 0 Å². The maximum absolute atomic E-state index is 13.4. The minimum absolute atomic E-state index is 0.0847. The summed E-state index contributed by atoms with van der Waals surface area (Å²) in [5.41, 5.74) is 2.42. The fraction of sp³-hybridized carbons (Fsp3) is 0.304. The highest BCUT2D eigenvalue weighted by Gasteiger charge is 2.55. The molecule has 6 nitrogen and oxygen atoms in total. The van der Waals surface area contributed by atoms with Gasteiger partial charge in [0.25, 0.3) is 0 Å². The molecule has 29 heavy (non-hydrogen) atoms. The second-order valence-corrected chi connectivity index (χ2v) is 7.75. The zero-order valence-corrected chi connectivity index (χ0v) is 16.2. The van der Waals surface area contributed by atoms with Crippen molar-refractivity contribution in [3.05, 3.63) is 83.6 Å². The van der Waals surface area contributed by atoms with Gasteiger partial charge in [-0.05, 0) is 24.5 Å². The van der Waals surface area contributed by atoms with Crippen LogP contribution in [0.5, 0.6) is 0 Å². The molecule has 1 saturated heterocycles. The Labute approximate surface area is 169 Å². The first-order valence-corrected chi connectivity index (χ1v) is 9.75. The zero-order chi connectivity index (χ0) is 20.5. The van der Waals surface area contributed by atoms with Crippen molar-refractivity contribution in [2.45, 2.75) is 32.0 Å². The molecule has 1 amide bonds. The monoisotopic (exact) mass is 392 g/mol. The smallest absolute Gasteiger partial charge is 0.329 e. The molecule has 2 aromatic rings. The van der Waals surface area contributed by atoms with Crippen molar-refractivity contribution in [3.8, 4) is 0 Å². The summed E-state index contributed by atoms with van der Waals surface area (Å²) >= 11 is 0. The first-order valence-electron chi connectivity index (χ1n) is 9.75. The number of carbonyl (C=O) groups excluding carboxylic acids is 1. The number of aliphatic carboxylic acids is 1. The topological polar surface area (TPSA) is 81.1 Å². The molecule has 0 bridgehead atoms. The van der Waals surface area contributed by atoms with E-state index in [1.165, 1.54) is 0 Å². The van der Waals surface area contributed by atoms with E-state index in [0.29, 0.717) is 18.7 Å². The van der Waals surface area contributed by atoms with E-state index in [1.54, 1.807) is 17.9 Å². The van der Waals surface area contributed by atoms with Crippen molar-refractivity contribution in [3.63, 3.8) is 0 Å². The number of likely N-dealkylation sites (tertiary alicyclic amines) is 1. The number of hydrogen-bond donors (Lipinski definition) is 2. The van der Waals surface area contributed by atoms with Gasteiger partial charge in [0.05, 0.1) is 5.92 Å². The molecule has 1 fully saturated rings. The van der Waals surface area contributed by atoms with Gasteiger partial charge in [-0.25, -0.2) is 9.86 Å². The molecule has 150 valence electrons. The van der Waals surface area contributed by atoms with Gasteiger partial charge in [-0.15, -0.1) is 0 Å². The van der Waals surface area contributed by atoms with E-state index in [1.807, 2.05) is 60.7 Å². The molecule has 2 aromatic carbocycles. The predicted octanol–water partition coefficient (Wildman–Crippen LogP) is 2.93. The lowest BCUT2D eigenvalue weighted by Gasteiger charge is -2.38. The molecule has 0 spiro atoms. The molecule has 2 aliphatic rings. The lowest BCUT2D eigenvalue weighted by Crippen LogP contribution is -2.52. The molecule has 2 aliphatic heterocycles. The Morgan fingerprint density at radius 3 is 2.17 bits per heavy atom. The van der Waals surface area contributed by atoms with Crippen LogP contribution >= 0.6 is 0 Å². The van der Waals surface area contributed by atoms with Gasteiger partial charge in [0.1, 0.15) is 0 Å². The number of benzene rings is 2. The number of nitrogens with zero attached hydrogens (tertiary/aromatic N) is 2. The molecule has 4 atom stereocenters. The average Bonchev–Trinajstić information content (AvgIpc) is 2.95. The number of rotatable bonds is 5. The van der Waals surface area contributed by atoms with E-state index in [-0.39, 0.29) is 11.9 Å². The summed E-state index contributed by atoms with van der Waals surface area (Å²) in [5, 5.41) is 21.1. The average molecular weight is 392 g/mol. The Kier molecular flexibility index (Phi) is 5.11. The lowest BCUT2D eigenvalue weighted by molar-refractivity contribution is -0.171. The first-order chi connectivity index (χ1) is 14.0. The van der Waals surface area contributed by atoms with Crippen LogP contribution in [0.2, 0.25) is 0 Å². The van der Waals surface area contributed by atoms with Gasteiger partial charge in [0.15, 0.2) is 6.04 Å². The zero-order valence-electron chi connectivity index (χ0n) is 16.2. The maximum Gasteiger partial charge on any atom is 0.329 e. The van der Waals surface area contributed by atoms with Gasteiger partial charge in [-0.3, -0.25) is 10.0 Å². The fourth-order valence-electron chi connectivity index (χ4n) is 4.62. The van der Waals surface area contributed by atoms with E-state index in [9.17, 15) is 19.9 Å². The van der Waals surface area contributed by atoms with Gasteiger partial charge in [-0.2, -0.15) is 0 Å². The third-order valence-electron chi connectivity index (χ3n) is 5.97. The van der Waals surface area contributed by atoms with Crippen LogP contribution in [0.1, 0.15) is 18.1 Å². The molecule has 0 aliphatic carbocycles. The molecule has 0 saturated carbocycles. The highest BCUT2D eigenvalue weighted by Crippen LogP contribution is 2.42. The van der Waals surface area contributed by atoms with Gasteiger partial charge < -0.3 is 10.0 Å². The van der Waals surface area contributed by atoms with Crippen molar-refractivity contribution in [2.24, 2.45) is 11.8 Å². The number of carboxylic acids is 1. The summed E-state index contributed by atoms with van der Waals surface area (Å²) in [6.45, 7) is 2.04. The van der Waals surface area contributed by atoms with Crippen molar-refractivity contribution < 1.29 is 19.9 Å². The number of hydrogen-bond acceptors (Lipinski definition) is 4. The summed E-state index contributed by atoms with van der Waals surface area (Å²) in [5.74, 6) is -2.31. The Morgan fingerprint density at radius 2 is 1.59 bits per heavy atom. The van der Waals surface area contributed by atoms with E-state index in [4.69, 9.17) is 0 Å². The van der Waals surface area contributed by atoms with Crippen molar-refractivity contribution in [1.82, 2.24) is 9.96 Å². The Morgan fingerprint density at radius 1 is 1.00 bits per heavy atom. The highest BCUT2D eigenvalue weighted by molar-refractivity contribution is 5.87. The molecule has 0 radical (unpaired) electrons. The number of allylic oxidation sites excluding steroid dienone is 1. The van der Waals surface area contributed by atoms with Crippen LogP contribution in [0, 0.1) is 11.8 Å². The molecule has 6 heteroatoms. The van der Waals surface area contributed by atoms with Crippen LogP contribution in [-0.2, 0) is 22.6 Å². The van der Waals surface area contributed by atoms with E-state index in [2.05, 4.69) is 0 Å². The highest BCUT2D eigenvalue weighted by atomic mass is 16.5. The third kappa shape index (κ3) is 3.51. The second kappa shape index (κ2) is 7.72. The number of amides is 1. The van der Waals surface area contributed by atoms with E-state index < -0.39 is 23.8 Å². The minimum Gasteiger partial charge on any atom is -0.480 e. The van der Waals surface area contributed by atoms with Gasteiger partial charge in [0, 0.05) is 24.2 Å². The van der Waals surface area contributed by atoms with Gasteiger partial charge >= 0.3 is 5.97 Å². The Bertz CT molecular complexity index is 928. The second-order valence-electron chi connectivity index (χ2n) is 7.75. The minimum atomic E-state index is -1.16. The molecule has 0 unspecified atom stereocenters. The largest absolute Gasteiger partial charge is 0.480 e. The van der Waals surface area contributed by atoms with Crippen molar-refractivity contribution in [1.29, 1.82) is 0 Å². The maximum atomic E-state index is 13.4. The van der Waals surface area contributed by atoms with Crippen LogP contribution in [0.4, 0.5) is 0 Å². The number of carboxylic acid groups (broad SMARTS) is 1. The summed E-state index contributed by atoms with van der Waals surface area (Å²) < 4.78 is 0. The Hall–Kier alpha value is -3.12. The van der Waals surface area contributed by atoms with Crippen LogP contribution in [0.15, 0.2) is 72.4 Å². The summed E-state index contributed by atoms with van der Waals surface area (Å²) in [6.07, 6.45) is 2.24. The molecule has 0 aromatic heterocycles. The fourth-order valence-corrected chi connectivity index (χ4v) is 4.62. The lowest BCUT2D eigenvalue weighted by atomic mass is 9.78. The quantitative estimate of drug-likeness (QED) is 0.818. The first kappa shape index (κ1) is 19.2.